The number of methoxy groups -OCH3 is 1. The minimum Gasteiger partial charge on any atom is -0.469 e. The highest BCUT2D eigenvalue weighted by Gasteiger charge is 2.19. The molecule has 0 fully saturated rings. The molecular formula is C19H15N3O7S. The van der Waals surface area contributed by atoms with Gasteiger partial charge in [-0.15, -0.1) is 0 Å². The molecule has 0 saturated carbocycles. The van der Waals surface area contributed by atoms with Crippen LogP contribution in [0.4, 0.5) is 5.69 Å². The maximum atomic E-state index is 12.7. The van der Waals surface area contributed by atoms with Crippen LogP contribution in [0, 0.1) is 10.1 Å². The predicted octanol–water partition coefficient (Wildman–Crippen LogP) is 2.64. The summed E-state index contributed by atoms with van der Waals surface area (Å²) in [7, 11) is 1.30. The van der Waals surface area contributed by atoms with Gasteiger partial charge in [0.05, 0.1) is 28.7 Å². The minimum absolute atomic E-state index is 0.0783. The van der Waals surface area contributed by atoms with Crippen LogP contribution in [-0.2, 0) is 16.1 Å². The molecule has 0 spiro atoms. The Kier molecular flexibility index (Phi) is 5.19. The van der Waals surface area contributed by atoms with E-state index in [1.165, 1.54) is 42.7 Å². The molecule has 0 saturated heterocycles. The van der Waals surface area contributed by atoms with Crippen molar-refractivity contribution in [2.75, 3.05) is 13.9 Å². The van der Waals surface area contributed by atoms with Crippen LogP contribution >= 0.6 is 11.3 Å². The van der Waals surface area contributed by atoms with Crippen LogP contribution in [0.2, 0.25) is 0 Å². The molecule has 4 rings (SSSR count). The Bertz CT molecular complexity index is 1240. The zero-order valence-electron chi connectivity index (χ0n) is 15.7. The minimum atomic E-state index is -0.628. The molecule has 2 aromatic carbocycles. The maximum absolute atomic E-state index is 12.7. The van der Waals surface area contributed by atoms with Gasteiger partial charge in [-0.05, 0) is 6.07 Å². The van der Waals surface area contributed by atoms with Crippen LogP contribution < -0.4 is 14.3 Å². The lowest BCUT2D eigenvalue weighted by atomic mass is 10.2. The first-order valence-corrected chi connectivity index (χ1v) is 9.61. The van der Waals surface area contributed by atoms with E-state index in [1.54, 1.807) is 16.7 Å². The van der Waals surface area contributed by atoms with E-state index in [0.29, 0.717) is 16.3 Å². The number of carbonyl (C=O) groups excluding carboxylic acids is 2. The summed E-state index contributed by atoms with van der Waals surface area (Å²) >= 11 is 1.24. The number of nitro benzene ring substituents is 1. The van der Waals surface area contributed by atoms with Crippen LogP contribution in [0.1, 0.15) is 16.8 Å². The molecule has 154 valence electrons. The highest BCUT2D eigenvalue weighted by atomic mass is 32.1. The molecule has 30 heavy (non-hydrogen) atoms. The Morgan fingerprint density at radius 2 is 2.03 bits per heavy atom. The van der Waals surface area contributed by atoms with E-state index in [1.807, 2.05) is 0 Å². The number of hydrogen-bond donors (Lipinski definition) is 0. The summed E-state index contributed by atoms with van der Waals surface area (Å²) in [6.07, 6.45) is 0.0783. The van der Waals surface area contributed by atoms with Gasteiger partial charge in [0.15, 0.2) is 16.3 Å². The number of aromatic nitrogens is 1. The summed E-state index contributed by atoms with van der Waals surface area (Å²) in [5.74, 6) is 0.111. The van der Waals surface area contributed by atoms with Gasteiger partial charge in [-0.3, -0.25) is 19.7 Å². The standard InChI is InChI=1S/C19H15N3O7S/c1-27-17(23)5-6-21-13-8-14-15(29-10-28-14)9-16(13)30-19(21)20-18(24)11-3-2-4-12(7-11)22(25)26/h2-4,7-9H,5-6,10H2,1H3. The molecule has 1 aliphatic rings. The first-order valence-electron chi connectivity index (χ1n) is 8.79. The largest absolute Gasteiger partial charge is 0.469 e. The summed E-state index contributed by atoms with van der Waals surface area (Å²) in [5.41, 5.74) is 0.616. The van der Waals surface area contributed by atoms with Crippen molar-refractivity contribution in [2.45, 2.75) is 13.0 Å². The van der Waals surface area contributed by atoms with E-state index >= 15 is 0 Å². The molecule has 0 unspecified atom stereocenters. The van der Waals surface area contributed by atoms with Gasteiger partial charge in [0, 0.05) is 36.4 Å². The number of thiazole rings is 1. The number of amides is 1. The summed E-state index contributed by atoms with van der Waals surface area (Å²) in [6, 6.07) is 8.91. The van der Waals surface area contributed by atoms with E-state index in [0.717, 1.165) is 10.2 Å². The van der Waals surface area contributed by atoms with Crippen LogP contribution in [-0.4, -0.2) is 35.3 Å². The van der Waals surface area contributed by atoms with Crippen LogP contribution in [0.15, 0.2) is 41.4 Å². The van der Waals surface area contributed by atoms with Crippen molar-refractivity contribution in [1.29, 1.82) is 0 Å². The van der Waals surface area contributed by atoms with Gasteiger partial charge in [0.2, 0.25) is 6.79 Å². The Balaban J connectivity index is 1.80. The highest BCUT2D eigenvalue weighted by molar-refractivity contribution is 7.16. The number of non-ortho nitro benzene ring substituents is 1. The van der Waals surface area contributed by atoms with Crippen LogP contribution in [0.5, 0.6) is 11.5 Å². The number of hydrogen-bond acceptors (Lipinski definition) is 8. The molecule has 1 amide bonds. The van der Waals surface area contributed by atoms with Gasteiger partial charge in [-0.2, -0.15) is 4.99 Å². The molecule has 1 aliphatic heterocycles. The van der Waals surface area contributed by atoms with E-state index < -0.39 is 16.8 Å². The van der Waals surface area contributed by atoms with Gasteiger partial charge in [0.1, 0.15) is 0 Å². The topological polar surface area (TPSA) is 122 Å². The van der Waals surface area contributed by atoms with Crippen LogP contribution in [0.3, 0.4) is 0 Å². The lowest BCUT2D eigenvalue weighted by Gasteiger charge is -2.05. The lowest BCUT2D eigenvalue weighted by molar-refractivity contribution is -0.384. The molecule has 10 nitrogen and oxygen atoms in total. The molecule has 0 radical (unpaired) electrons. The first-order chi connectivity index (χ1) is 14.5. The third kappa shape index (κ3) is 3.74. The quantitative estimate of drug-likeness (QED) is 0.347. The third-order valence-corrected chi connectivity index (χ3v) is 5.49. The lowest BCUT2D eigenvalue weighted by Crippen LogP contribution is -2.19. The molecule has 1 aromatic heterocycles. The second-order valence-electron chi connectivity index (χ2n) is 6.26. The zero-order chi connectivity index (χ0) is 21.3. The molecule has 0 N–H and O–H groups in total. The number of nitrogens with zero attached hydrogens (tertiary/aromatic N) is 3. The maximum Gasteiger partial charge on any atom is 0.307 e. The number of benzene rings is 2. The molecule has 2 heterocycles. The number of ether oxygens (including phenoxy) is 3. The van der Waals surface area contributed by atoms with Crippen molar-refractivity contribution < 1.29 is 28.7 Å². The first kappa shape index (κ1) is 19.6. The van der Waals surface area contributed by atoms with Crippen molar-refractivity contribution in [2.24, 2.45) is 4.99 Å². The second-order valence-corrected chi connectivity index (χ2v) is 7.27. The predicted molar refractivity (Wildman–Crippen MR) is 106 cm³/mol. The molecule has 0 bridgehead atoms. The van der Waals surface area contributed by atoms with E-state index in [-0.39, 0.29) is 31.0 Å². The summed E-state index contributed by atoms with van der Waals surface area (Å²) in [4.78, 5) is 39.2. The van der Waals surface area contributed by atoms with Crippen molar-refractivity contribution >= 4 is 39.1 Å². The molecule has 0 aliphatic carbocycles. The average Bonchev–Trinajstić information content (AvgIpc) is 3.33. The van der Waals surface area contributed by atoms with Crippen molar-refractivity contribution in [1.82, 2.24) is 4.57 Å². The van der Waals surface area contributed by atoms with Crippen molar-refractivity contribution in [3.8, 4) is 11.5 Å². The van der Waals surface area contributed by atoms with Gasteiger partial charge >= 0.3 is 5.97 Å². The number of aryl methyl sites for hydroxylation is 1. The average molecular weight is 429 g/mol. The zero-order valence-corrected chi connectivity index (χ0v) is 16.5. The fraction of sp³-hybridized carbons (Fsp3) is 0.211. The second kappa shape index (κ2) is 7.95. The number of fused-ring (bicyclic) bond motifs is 2. The van der Waals surface area contributed by atoms with Crippen molar-refractivity contribution in [3.63, 3.8) is 0 Å². The molecular weight excluding hydrogens is 414 g/mol. The third-order valence-electron chi connectivity index (χ3n) is 4.45. The van der Waals surface area contributed by atoms with Gasteiger partial charge in [-0.1, -0.05) is 17.4 Å². The van der Waals surface area contributed by atoms with Gasteiger partial charge < -0.3 is 18.8 Å². The summed E-state index contributed by atoms with van der Waals surface area (Å²) in [5, 5.41) is 11.0. The molecule has 11 heteroatoms. The number of esters is 1. The van der Waals surface area contributed by atoms with Gasteiger partial charge in [-0.25, -0.2) is 0 Å². The fourth-order valence-corrected chi connectivity index (χ4v) is 4.03. The van der Waals surface area contributed by atoms with Gasteiger partial charge in [0.25, 0.3) is 11.6 Å². The summed E-state index contributed by atoms with van der Waals surface area (Å²) in [6.45, 7) is 0.352. The highest BCUT2D eigenvalue weighted by Crippen LogP contribution is 2.37. The fourth-order valence-electron chi connectivity index (χ4n) is 2.97. The molecule has 0 atom stereocenters. The summed E-state index contributed by atoms with van der Waals surface area (Å²) < 4.78 is 18.0. The van der Waals surface area contributed by atoms with Crippen molar-refractivity contribution in [3.05, 3.63) is 56.9 Å². The Hall–Kier alpha value is -3.73. The monoisotopic (exact) mass is 429 g/mol. The SMILES string of the molecule is COC(=O)CCn1c(=NC(=O)c2cccc([N+](=O)[O-])c2)sc2cc3c(cc21)OCO3. The van der Waals surface area contributed by atoms with E-state index in [2.05, 4.69) is 4.99 Å². The smallest absolute Gasteiger partial charge is 0.307 e. The van der Waals surface area contributed by atoms with E-state index in [4.69, 9.17) is 14.2 Å². The number of carbonyl (C=O) groups is 2. The normalized spacial score (nSPS) is 12.9. The molecule has 3 aromatic rings. The van der Waals surface area contributed by atoms with Crippen LogP contribution in [0.25, 0.3) is 10.2 Å². The number of rotatable bonds is 5. The number of nitro groups is 1. The Morgan fingerprint density at radius 3 is 2.77 bits per heavy atom. The Morgan fingerprint density at radius 1 is 1.27 bits per heavy atom. The Labute approximate surface area is 173 Å². The van der Waals surface area contributed by atoms with E-state index in [9.17, 15) is 19.7 Å².